The molecule has 3 aliphatic rings. The summed E-state index contributed by atoms with van der Waals surface area (Å²) in [5.74, 6) is 1.88. The summed E-state index contributed by atoms with van der Waals surface area (Å²) < 4.78 is 0. The number of carbonyl (C=O) groups excluding carboxylic acids is 1. The van der Waals surface area contributed by atoms with Gasteiger partial charge in [0.1, 0.15) is 0 Å². The molecule has 0 aromatic rings. The summed E-state index contributed by atoms with van der Waals surface area (Å²) in [5, 5.41) is 19.1. The molecule has 0 spiro atoms. The molecule has 3 heteroatoms. The van der Waals surface area contributed by atoms with Crippen LogP contribution in [0.4, 0.5) is 0 Å². The fraction of sp³-hybridized carbons (Fsp3) is 0.800. The highest BCUT2D eigenvalue weighted by Gasteiger charge is 2.66. The molecule has 3 rings (SSSR count). The molecule has 0 aromatic carbocycles. The summed E-state index contributed by atoms with van der Waals surface area (Å²) in [4.78, 5) is 12.2. The Balaban J connectivity index is 2.05. The zero-order chi connectivity index (χ0) is 13.1. The number of hydrogen-bond donors (Lipinski definition) is 2. The Morgan fingerprint density at radius 1 is 1.39 bits per heavy atom. The van der Waals surface area contributed by atoms with Gasteiger partial charge in [-0.1, -0.05) is 19.4 Å². The van der Waals surface area contributed by atoms with E-state index in [0.29, 0.717) is 35.7 Å². The zero-order valence-corrected chi connectivity index (χ0v) is 11.1. The van der Waals surface area contributed by atoms with Crippen molar-refractivity contribution in [1.82, 2.24) is 0 Å². The van der Waals surface area contributed by atoms with Crippen molar-refractivity contribution < 1.29 is 15.0 Å². The first-order chi connectivity index (χ1) is 8.54. The Bertz CT molecular complexity index is 425. The van der Waals surface area contributed by atoms with Gasteiger partial charge < -0.3 is 10.2 Å². The van der Waals surface area contributed by atoms with Crippen LogP contribution in [-0.4, -0.2) is 29.2 Å². The van der Waals surface area contributed by atoms with E-state index >= 15 is 0 Å². The van der Waals surface area contributed by atoms with E-state index in [9.17, 15) is 15.0 Å². The monoisotopic (exact) mass is 250 g/mol. The highest BCUT2D eigenvalue weighted by Crippen LogP contribution is 2.69. The predicted octanol–water partition coefficient (Wildman–Crippen LogP) is 1.54. The largest absolute Gasteiger partial charge is 0.396 e. The molecule has 2 N–H and O–H groups in total. The van der Waals surface area contributed by atoms with E-state index in [0.717, 1.165) is 12.8 Å². The second-order valence-corrected chi connectivity index (χ2v) is 6.63. The fourth-order valence-corrected chi connectivity index (χ4v) is 4.63. The first-order valence-corrected chi connectivity index (χ1v) is 7.01. The Hall–Kier alpha value is -0.670. The minimum Gasteiger partial charge on any atom is -0.396 e. The van der Waals surface area contributed by atoms with Gasteiger partial charge in [-0.15, -0.1) is 0 Å². The van der Waals surface area contributed by atoms with Crippen LogP contribution in [0.5, 0.6) is 0 Å². The zero-order valence-electron chi connectivity index (χ0n) is 11.1. The van der Waals surface area contributed by atoms with E-state index in [1.165, 1.54) is 5.57 Å². The van der Waals surface area contributed by atoms with Crippen LogP contribution in [0.3, 0.4) is 0 Å². The van der Waals surface area contributed by atoms with Crippen LogP contribution in [0, 0.1) is 29.1 Å². The van der Waals surface area contributed by atoms with Crippen LogP contribution in [0.25, 0.3) is 0 Å². The van der Waals surface area contributed by atoms with Crippen molar-refractivity contribution in [3.63, 3.8) is 0 Å². The van der Waals surface area contributed by atoms with E-state index in [-0.39, 0.29) is 24.4 Å². The van der Waals surface area contributed by atoms with Crippen LogP contribution in [-0.2, 0) is 4.79 Å². The van der Waals surface area contributed by atoms with Gasteiger partial charge in [0.05, 0.1) is 6.61 Å². The van der Waals surface area contributed by atoms with Gasteiger partial charge >= 0.3 is 0 Å². The molecule has 0 heterocycles. The van der Waals surface area contributed by atoms with E-state index in [1.807, 2.05) is 0 Å². The molecule has 3 nitrogen and oxygen atoms in total. The quantitative estimate of drug-likeness (QED) is 0.781. The number of Topliss-reactive ketones (excluding diaryl/α,β-unsaturated/α-hetero) is 1. The SMILES string of the molecule is CC1CCC2=C(CO)C(=O)CC3C(C21)C3(C)CO. The predicted molar refractivity (Wildman–Crippen MR) is 67.8 cm³/mol. The van der Waals surface area contributed by atoms with Gasteiger partial charge in [0, 0.05) is 18.6 Å². The molecule has 0 radical (unpaired) electrons. The number of ketones is 1. The first-order valence-electron chi connectivity index (χ1n) is 7.01. The lowest BCUT2D eigenvalue weighted by Gasteiger charge is -2.21. The number of aliphatic hydroxyl groups is 2. The lowest BCUT2D eigenvalue weighted by Crippen LogP contribution is -2.19. The van der Waals surface area contributed by atoms with Crippen LogP contribution in [0.2, 0.25) is 0 Å². The fourth-order valence-electron chi connectivity index (χ4n) is 4.63. The molecule has 0 aromatic heterocycles. The van der Waals surface area contributed by atoms with Gasteiger partial charge in [0.15, 0.2) is 5.78 Å². The number of aliphatic hydroxyl groups excluding tert-OH is 2. The Morgan fingerprint density at radius 3 is 2.72 bits per heavy atom. The third-order valence-electron chi connectivity index (χ3n) is 5.83. The third kappa shape index (κ3) is 1.41. The van der Waals surface area contributed by atoms with E-state index in [2.05, 4.69) is 13.8 Å². The van der Waals surface area contributed by atoms with Gasteiger partial charge in [0.25, 0.3) is 0 Å². The van der Waals surface area contributed by atoms with E-state index in [1.54, 1.807) is 0 Å². The lowest BCUT2D eigenvalue weighted by atomic mass is 9.84. The van der Waals surface area contributed by atoms with Crippen LogP contribution < -0.4 is 0 Å². The summed E-state index contributed by atoms with van der Waals surface area (Å²) >= 11 is 0. The number of fused-ring (bicyclic) bond motifs is 3. The third-order valence-corrected chi connectivity index (χ3v) is 5.83. The van der Waals surface area contributed by atoms with Crippen LogP contribution in [0.15, 0.2) is 11.1 Å². The minimum absolute atomic E-state index is 0.0643. The average molecular weight is 250 g/mol. The van der Waals surface area contributed by atoms with Gasteiger partial charge in [0.2, 0.25) is 0 Å². The maximum Gasteiger partial charge on any atom is 0.161 e. The maximum absolute atomic E-state index is 12.2. The number of carbonyl (C=O) groups is 1. The van der Waals surface area contributed by atoms with Crippen molar-refractivity contribution in [2.75, 3.05) is 13.2 Å². The Labute approximate surface area is 108 Å². The molecule has 100 valence electrons. The minimum atomic E-state index is -0.104. The topological polar surface area (TPSA) is 57.5 Å². The van der Waals surface area contributed by atoms with Crippen LogP contribution >= 0.6 is 0 Å². The molecule has 0 bridgehead atoms. The van der Waals surface area contributed by atoms with E-state index < -0.39 is 0 Å². The summed E-state index contributed by atoms with van der Waals surface area (Å²) in [7, 11) is 0. The molecule has 5 unspecified atom stereocenters. The van der Waals surface area contributed by atoms with Gasteiger partial charge in [-0.25, -0.2) is 0 Å². The number of hydrogen-bond acceptors (Lipinski definition) is 3. The normalized spacial score (nSPS) is 46.8. The Kier molecular flexibility index (Phi) is 2.69. The maximum atomic E-state index is 12.2. The average Bonchev–Trinajstić information content (AvgIpc) is 2.78. The number of allylic oxidation sites excluding steroid dienone is 1. The van der Waals surface area contributed by atoms with Crippen molar-refractivity contribution in [1.29, 1.82) is 0 Å². The van der Waals surface area contributed by atoms with Crippen molar-refractivity contribution >= 4 is 5.78 Å². The van der Waals surface area contributed by atoms with Gasteiger partial charge in [-0.05, 0) is 41.9 Å². The standard InChI is InChI=1S/C15H22O3/c1-8-3-4-9-10(6-16)12(18)5-11-14(13(8)9)15(11,2)7-17/h8,11,13-14,16-17H,3-7H2,1-2H3. The van der Waals surface area contributed by atoms with Crippen molar-refractivity contribution in [2.45, 2.75) is 33.1 Å². The highest BCUT2D eigenvalue weighted by atomic mass is 16.3. The summed E-state index contributed by atoms with van der Waals surface area (Å²) in [6.45, 7) is 4.44. The lowest BCUT2D eigenvalue weighted by molar-refractivity contribution is -0.116. The van der Waals surface area contributed by atoms with Crippen molar-refractivity contribution in [2.24, 2.45) is 29.1 Å². The van der Waals surface area contributed by atoms with E-state index in [4.69, 9.17) is 0 Å². The van der Waals surface area contributed by atoms with Crippen molar-refractivity contribution in [3.8, 4) is 0 Å². The summed E-state index contributed by atoms with van der Waals surface area (Å²) in [6, 6.07) is 0. The number of rotatable bonds is 2. The van der Waals surface area contributed by atoms with Gasteiger partial charge in [-0.2, -0.15) is 0 Å². The smallest absolute Gasteiger partial charge is 0.161 e. The van der Waals surface area contributed by atoms with Gasteiger partial charge in [-0.3, -0.25) is 4.79 Å². The first kappa shape index (κ1) is 12.4. The molecular formula is C15H22O3. The highest BCUT2D eigenvalue weighted by molar-refractivity contribution is 5.97. The molecule has 0 amide bonds. The molecule has 3 aliphatic carbocycles. The Morgan fingerprint density at radius 2 is 2.11 bits per heavy atom. The molecule has 0 saturated heterocycles. The van der Waals surface area contributed by atoms with Crippen LogP contribution in [0.1, 0.15) is 33.1 Å². The summed E-state index contributed by atoms with van der Waals surface area (Å²) in [5.41, 5.74) is 1.84. The molecular weight excluding hydrogens is 228 g/mol. The molecule has 2 saturated carbocycles. The molecule has 5 atom stereocenters. The second kappa shape index (κ2) is 3.91. The molecule has 18 heavy (non-hydrogen) atoms. The molecule has 2 fully saturated rings. The molecule has 0 aliphatic heterocycles. The second-order valence-electron chi connectivity index (χ2n) is 6.63. The van der Waals surface area contributed by atoms with Crippen molar-refractivity contribution in [3.05, 3.63) is 11.1 Å². The summed E-state index contributed by atoms with van der Waals surface area (Å²) in [6.07, 6.45) is 2.59.